The van der Waals surface area contributed by atoms with E-state index >= 15 is 0 Å². The second-order valence-electron chi connectivity index (χ2n) is 3.91. The van der Waals surface area contributed by atoms with Gasteiger partial charge in [0.1, 0.15) is 23.6 Å². The highest BCUT2D eigenvalue weighted by Gasteiger charge is 2.11. The summed E-state index contributed by atoms with van der Waals surface area (Å²) in [6, 6.07) is 2.94. The van der Waals surface area contributed by atoms with Crippen molar-refractivity contribution in [1.82, 2.24) is 9.71 Å². The molecule has 0 radical (unpaired) electrons. The Morgan fingerprint density at radius 1 is 1.50 bits per heavy atom. The van der Waals surface area contributed by atoms with Crippen molar-refractivity contribution in [3.05, 3.63) is 27.9 Å². The second-order valence-corrected chi connectivity index (χ2v) is 5.74. The van der Waals surface area contributed by atoms with Crippen LogP contribution in [-0.4, -0.2) is 37.7 Å². The van der Waals surface area contributed by atoms with E-state index in [2.05, 4.69) is 15.0 Å². The van der Waals surface area contributed by atoms with Crippen molar-refractivity contribution in [2.75, 3.05) is 24.7 Å². The summed E-state index contributed by atoms with van der Waals surface area (Å²) in [6.45, 7) is 0.628. The number of nitrogens with one attached hydrogen (secondary N) is 2. The molecule has 0 aliphatic rings. The first-order valence-electron chi connectivity index (χ1n) is 5.56. The van der Waals surface area contributed by atoms with E-state index < -0.39 is 14.9 Å². The molecule has 20 heavy (non-hydrogen) atoms. The summed E-state index contributed by atoms with van der Waals surface area (Å²) in [7, 11) is -3.22. The van der Waals surface area contributed by atoms with Crippen molar-refractivity contribution in [3.8, 4) is 6.07 Å². The fourth-order valence-electron chi connectivity index (χ4n) is 1.33. The third-order valence-electron chi connectivity index (χ3n) is 2.21. The maximum Gasteiger partial charge on any atom is 0.289 e. The Kier molecular flexibility index (Phi) is 5.36. The molecule has 0 bridgehead atoms. The molecule has 0 aliphatic carbocycles. The summed E-state index contributed by atoms with van der Waals surface area (Å²) >= 11 is 0. The number of nitrogens with zero attached hydrogens (tertiary/aromatic N) is 3. The van der Waals surface area contributed by atoms with Crippen LogP contribution in [0, 0.1) is 21.4 Å². The van der Waals surface area contributed by atoms with Crippen molar-refractivity contribution in [2.45, 2.75) is 6.42 Å². The molecule has 1 heterocycles. The lowest BCUT2D eigenvalue weighted by atomic mass is 10.2. The molecule has 0 saturated heterocycles. The van der Waals surface area contributed by atoms with Gasteiger partial charge in [-0.05, 0) is 6.42 Å². The van der Waals surface area contributed by atoms with E-state index in [9.17, 15) is 18.5 Å². The number of sulfonamides is 1. The zero-order chi connectivity index (χ0) is 15.2. The summed E-state index contributed by atoms with van der Waals surface area (Å²) in [5, 5.41) is 22.3. The Balaban J connectivity index is 2.56. The fourth-order valence-corrected chi connectivity index (χ4v) is 1.85. The second kappa shape index (κ2) is 6.78. The summed E-state index contributed by atoms with van der Waals surface area (Å²) in [6.07, 6.45) is 2.60. The van der Waals surface area contributed by atoms with Crippen molar-refractivity contribution in [1.29, 1.82) is 5.26 Å². The van der Waals surface area contributed by atoms with Gasteiger partial charge >= 0.3 is 0 Å². The van der Waals surface area contributed by atoms with Gasteiger partial charge in [0.2, 0.25) is 10.0 Å². The summed E-state index contributed by atoms with van der Waals surface area (Å²) in [5.74, 6) is 0.234. The molecular weight excluding hydrogens is 286 g/mol. The molecule has 0 saturated carbocycles. The summed E-state index contributed by atoms with van der Waals surface area (Å²) in [4.78, 5) is 13.7. The highest BCUT2D eigenvalue weighted by Crippen LogP contribution is 2.17. The lowest BCUT2D eigenvalue weighted by Gasteiger charge is -2.07. The molecule has 1 rings (SSSR count). The minimum absolute atomic E-state index is 0.0651. The molecule has 0 amide bonds. The van der Waals surface area contributed by atoms with E-state index in [1.165, 1.54) is 0 Å². The highest BCUT2D eigenvalue weighted by molar-refractivity contribution is 7.88. The van der Waals surface area contributed by atoms with Crippen LogP contribution in [0.25, 0.3) is 0 Å². The van der Waals surface area contributed by atoms with Crippen LogP contribution >= 0.6 is 0 Å². The smallest absolute Gasteiger partial charge is 0.289 e. The van der Waals surface area contributed by atoms with Gasteiger partial charge in [0.25, 0.3) is 5.69 Å². The fraction of sp³-hybridized carbons (Fsp3) is 0.400. The van der Waals surface area contributed by atoms with Gasteiger partial charge in [-0.15, -0.1) is 0 Å². The number of nitro groups is 1. The van der Waals surface area contributed by atoms with Gasteiger partial charge in [0.05, 0.1) is 11.2 Å². The van der Waals surface area contributed by atoms with E-state index in [1.807, 2.05) is 6.07 Å². The predicted molar refractivity (Wildman–Crippen MR) is 71.6 cm³/mol. The standard InChI is InChI=1S/C10H13N5O4S/c1-20(18,19)14-4-2-3-12-10-8(6-11)5-9(7-13-10)15(16)17/h5,7,14H,2-4H2,1H3,(H,12,13). The van der Waals surface area contributed by atoms with Crippen LogP contribution in [0.3, 0.4) is 0 Å². The van der Waals surface area contributed by atoms with E-state index in [1.54, 1.807) is 0 Å². The van der Waals surface area contributed by atoms with Gasteiger partial charge in [-0.3, -0.25) is 10.1 Å². The Labute approximate surface area is 115 Å². The van der Waals surface area contributed by atoms with Crippen LogP contribution in [0.5, 0.6) is 0 Å². The first-order chi connectivity index (χ1) is 9.33. The zero-order valence-corrected chi connectivity index (χ0v) is 11.5. The lowest BCUT2D eigenvalue weighted by molar-refractivity contribution is -0.385. The minimum Gasteiger partial charge on any atom is -0.369 e. The summed E-state index contributed by atoms with van der Waals surface area (Å²) < 4.78 is 23.9. The zero-order valence-electron chi connectivity index (χ0n) is 10.7. The van der Waals surface area contributed by atoms with Crippen LogP contribution < -0.4 is 10.0 Å². The third kappa shape index (κ3) is 5.17. The normalized spacial score (nSPS) is 10.8. The maximum absolute atomic E-state index is 10.8. The number of pyridine rings is 1. The van der Waals surface area contributed by atoms with Crippen molar-refractivity contribution in [3.63, 3.8) is 0 Å². The number of aromatic nitrogens is 1. The van der Waals surface area contributed by atoms with Gasteiger partial charge in [0.15, 0.2) is 0 Å². The van der Waals surface area contributed by atoms with Gasteiger partial charge in [-0.25, -0.2) is 18.1 Å². The Hall–Kier alpha value is -2.25. The van der Waals surface area contributed by atoms with Gasteiger partial charge in [-0.2, -0.15) is 5.26 Å². The molecule has 0 fully saturated rings. The number of anilines is 1. The SMILES string of the molecule is CS(=O)(=O)NCCCNc1ncc([N+](=O)[O-])cc1C#N. The van der Waals surface area contributed by atoms with Crippen molar-refractivity contribution in [2.24, 2.45) is 0 Å². The molecule has 108 valence electrons. The molecule has 10 heteroatoms. The quantitative estimate of drug-likeness (QED) is 0.417. The van der Waals surface area contributed by atoms with Crippen LogP contribution in [0.4, 0.5) is 11.5 Å². The molecule has 2 N–H and O–H groups in total. The molecule has 0 aromatic carbocycles. The van der Waals surface area contributed by atoms with Crippen LogP contribution in [0.1, 0.15) is 12.0 Å². The van der Waals surface area contributed by atoms with Gasteiger partial charge in [0, 0.05) is 19.2 Å². The number of hydrogen-bond donors (Lipinski definition) is 2. The predicted octanol–water partition coefficient (Wildman–Crippen LogP) is 0.213. The van der Waals surface area contributed by atoms with Gasteiger partial charge in [-0.1, -0.05) is 0 Å². The maximum atomic E-state index is 10.8. The first kappa shape index (κ1) is 15.8. The van der Waals surface area contributed by atoms with Gasteiger partial charge < -0.3 is 5.32 Å². The molecule has 1 aromatic heterocycles. The molecule has 0 aliphatic heterocycles. The Morgan fingerprint density at radius 2 is 2.20 bits per heavy atom. The third-order valence-corrected chi connectivity index (χ3v) is 2.94. The van der Waals surface area contributed by atoms with Crippen molar-refractivity contribution >= 4 is 21.5 Å². The molecule has 0 spiro atoms. The minimum atomic E-state index is -3.22. The number of nitriles is 1. The highest BCUT2D eigenvalue weighted by atomic mass is 32.2. The number of rotatable bonds is 7. The lowest BCUT2D eigenvalue weighted by Crippen LogP contribution is -2.24. The topological polar surface area (TPSA) is 138 Å². The van der Waals surface area contributed by atoms with Crippen molar-refractivity contribution < 1.29 is 13.3 Å². The van der Waals surface area contributed by atoms with E-state index in [4.69, 9.17) is 5.26 Å². The average molecular weight is 299 g/mol. The van der Waals surface area contributed by atoms with E-state index in [0.29, 0.717) is 13.0 Å². The summed E-state index contributed by atoms with van der Waals surface area (Å²) in [5.41, 5.74) is -0.193. The first-order valence-corrected chi connectivity index (χ1v) is 7.45. The van der Waals surface area contributed by atoms with Crippen LogP contribution in [-0.2, 0) is 10.0 Å². The molecule has 9 nitrogen and oxygen atoms in total. The van der Waals surface area contributed by atoms with Crippen LogP contribution in [0.2, 0.25) is 0 Å². The largest absolute Gasteiger partial charge is 0.369 e. The average Bonchev–Trinajstić information content (AvgIpc) is 2.36. The molecule has 0 atom stereocenters. The van der Waals surface area contributed by atoms with E-state index in [0.717, 1.165) is 18.5 Å². The molecule has 1 aromatic rings. The molecule has 0 unspecified atom stereocenters. The van der Waals surface area contributed by atoms with Crippen LogP contribution in [0.15, 0.2) is 12.3 Å². The Morgan fingerprint density at radius 3 is 2.75 bits per heavy atom. The number of hydrogen-bond acceptors (Lipinski definition) is 7. The van der Waals surface area contributed by atoms with E-state index in [-0.39, 0.29) is 23.6 Å². The molecular formula is C10H13N5O4S. The Bertz CT molecular complexity index is 638. The monoisotopic (exact) mass is 299 g/mol.